The molecule has 28 heavy (non-hydrogen) atoms. The molecule has 150 valence electrons. The van der Waals surface area contributed by atoms with E-state index >= 15 is 0 Å². The number of aliphatic hydroxyl groups is 3. The number of benzene rings is 2. The van der Waals surface area contributed by atoms with E-state index in [9.17, 15) is 15.3 Å². The van der Waals surface area contributed by atoms with Crippen LogP contribution in [0.5, 0.6) is 5.75 Å². The zero-order valence-corrected chi connectivity index (χ0v) is 16.3. The van der Waals surface area contributed by atoms with Crippen molar-refractivity contribution in [2.75, 3.05) is 7.11 Å². The summed E-state index contributed by atoms with van der Waals surface area (Å²) in [6.07, 6.45) is -3.99. The molecule has 3 N–H and O–H groups in total. The first-order chi connectivity index (χ1) is 13.4. The molecule has 0 radical (unpaired) electrons. The van der Waals surface area contributed by atoms with E-state index in [0.29, 0.717) is 12.0 Å². The molecule has 6 heteroatoms. The Labute approximate surface area is 164 Å². The van der Waals surface area contributed by atoms with Gasteiger partial charge in [-0.3, -0.25) is 0 Å². The third-order valence-electron chi connectivity index (χ3n) is 5.74. The summed E-state index contributed by atoms with van der Waals surface area (Å²) in [5, 5.41) is 31.1. The molecule has 1 fully saturated rings. The lowest BCUT2D eigenvalue weighted by atomic mass is 9.86. The van der Waals surface area contributed by atoms with Gasteiger partial charge in [-0.15, -0.1) is 0 Å². The molecule has 1 spiro atoms. The maximum Gasteiger partial charge on any atom is 0.225 e. The van der Waals surface area contributed by atoms with Gasteiger partial charge >= 0.3 is 0 Å². The predicted molar refractivity (Wildman–Crippen MR) is 102 cm³/mol. The molecule has 2 aliphatic rings. The van der Waals surface area contributed by atoms with Crippen molar-refractivity contribution in [2.24, 2.45) is 0 Å². The average Bonchev–Trinajstić information content (AvgIpc) is 3.04. The average molecular weight is 386 g/mol. The van der Waals surface area contributed by atoms with Crippen molar-refractivity contribution in [1.29, 1.82) is 0 Å². The number of hydrogen-bond donors (Lipinski definition) is 3. The third-order valence-corrected chi connectivity index (χ3v) is 5.74. The minimum atomic E-state index is -1.50. The number of aliphatic hydroxyl groups excluding tert-OH is 3. The molecule has 2 aromatic rings. The molecular formula is C22H26O6. The minimum Gasteiger partial charge on any atom is -0.496 e. The standard InChI is InChI=1S/C22H26O6/c1-12-4-6-14(7-5-12)8-15-9-17-16(10-18(15)26-3)11-27-22(17)21(25)20(24)19(23)13(2)28-22/h4-7,9-10,13,19-21,23-25H,8,11H2,1-3H3/t13-,19-,20+,21-,22+/m1/s1. The summed E-state index contributed by atoms with van der Waals surface area (Å²) in [6, 6.07) is 12.1. The van der Waals surface area contributed by atoms with Gasteiger partial charge in [0, 0.05) is 12.0 Å². The Morgan fingerprint density at radius 2 is 1.82 bits per heavy atom. The van der Waals surface area contributed by atoms with Crippen molar-refractivity contribution in [3.8, 4) is 5.75 Å². The smallest absolute Gasteiger partial charge is 0.225 e. The van der Waals surface area contributed by atoms with Crippen LogP contribution in [0, 0.1) is 6.92 Å². The number of methoxy groups -OCH3 is 1. The second kappa shape index (κ2) is 7.13. The largest absolute Gasteiger partial charge is 0.496 e. The molecule has 0 bridgehead atoms. The molecule has 6 nitrogen and oxygen atoms in total. The van der Waals surface area contributed by atoms with Gasteiger partial charge in [0.1, 0.15) is 24.1 Å². The second-order valence-corrected chi connectivity index (χ2v) is 7.69. The van der Waals surface area contributed by atoms with Gasteiger partial charge < -0.3 is 29.5 Å². The van der Waals surface area contributed by atoms with E-state index in [0.717, 1.165) is 22.4 Å². The summed E-state index contributed by atoms with van der Waals surface area (Å²) in [5.74, 6) is -0.763. The summed E-state index contributed by atoms with van der Waals surface area (Å²) >= 11 is 0. The fraction of sp³-hybridized carbons (Fsp3) is 0.455. The van der Waals surface area contributed by atoms with Crippen LogP contribution in [-0.4, -0.2) is 46.8 Å². The molecule has 1 saturated heterocycles. The fourth-order valence-corrected chi connectivity index (χ4v) is 4.07. The number of rotatable bonds is 3. The molecule has 0 saturated carbocycles. The number of ether oxygens (including phenoxy) is 3. The fourth-order valence-electron chi connectivity index (χ4n) is 4.07. The summed E-state index contributed by atoms with van der Waals surface area (Å²) in [5.41, 5.74) is 4.75. The molecule has 0 aromatic heterocycles. The van der Waals surface area contributed by atoms with E-state index in [1.54, 1.807) is 14.0 Å². The molecular weight excluding hydrogens is 360 g/mol. The zero-order valence-electron chi connectivity index (χ0n) is 16.3. The normalized spacial score (nSPS) is 31.8. The van der Waals surface area contributed by atoms with Gasteiger partial charge in [0.15, 0.2) is 0 Å². The molecule has 2 aliphatic heterocycles. The molecule has 0 unspecified atom stereocenters. The summed E-state index contributed by atoms with van der Waals surface area (Å²) in [7, 11) is 1.63. The van der Waals surface area contributed by atoms with Gasteiger partial charge in [-0.2, -0.15) is 0 Å². The van der Waals surface area contributed by atoms with Crippen molar-refractivity contribution in [2.45, 2.75) is 57.1 Å². The van der Waals surface area contributed by atoms with Crippen molar-refractivity contribution in [3.63, 3.8) is 0 Å². The molecule has 0 amide bonds. The van der Waals surface area contributed by atoms with Crippen LogP contribution < -0.4 is 4.74 Å². The topological polar surface area (TPSA) is 88.4 Å². The van der Waals surface area contributed by atoms with Crippen LogP contribution in [0.1, 0.15) is 34.7 Å². The first-order valence-corrected chi connectivity index (χ1v) is 9.47. The van der Waals surface area contributed by atoms with E-state index in [2.05, 4.69) is 24.3 Å². The first kappa shape index (κ1) is 19.4. The number of hydrogen-bond acceptors (Lipinski definition) is 6. The highest BCUT2D eigenvalue weighted by molar-refractivity contribution is 5.48. The Morgan fingerprint density at radius 3 is 2.50 bits per heavy atom. The van der Waals surface area contributed by atoms with Crippen LogP contribution in [0.4, 0.5) is 0 Å². The van der Waals surface area contributed by atoms with Crippen molar-refractivity contribution >= 4 is 0 Å². The molecule has 0 aliphatic carbocycles. The quantitative estimate of drug-likeness (QED) is 0.745. The lowest BCUT2D eigenvalue weighted by Gasteiger charge is -2.45. The Morgan fingerprint density at radius 1 is 1.11 bits per heavy atom. The van der Waals surface area contributed by atoms with E-state index in [1.165, 1.54) is 5.56 Å². The van der Waals surface area contributed by atoms with E-state index in [4.69, 9.17) is 14.2 Å². The maximum absolute atomic E-state index is 10.7. The van der Waals surface area contributed by atoms with Gasteiger partial charge in [0.2, 0.25) is 5.79 Å². The van der Waals surface area contributed by atoms with E-state index in [-0.39, 0.29) is 6.61 Å². The van der Waals surface area contributed by atoms with Gasteiger partial charge in [-0.25, -0.2) is 0 Å². The Kier molecular flexibility index (Phi) is 4.93. The summed E-state index contributed by atoms with van der Waals surface area (Å²) < 4.78 is 17.4. The minimum absolute atomic E-state index is 0.225. The zero-order chi connectivity index (χ0) is 20.1. The highest BCUT2D eigenvalue weighted by Crippen LogP contribution is 2.47. The maximum atomic E-state index is 10.7. The van der Waals surface area contributed by atoms with Crippen LogP contribution in [-0.2, 0) is 28.3 Å². The first-order valence-electron chi connectivity index (χ1n) is 9.47. The molecule has 4 rings (SSSR count). The van der Waals surface area contributed by atoms with Crippen LogP contribution in [0.25, 0.3) is 0 Å². The van der Waals surface area contributed by atoms with Crippen molar-refractivity contribution < 1.29 is 29.5 Å². The van der Waals surface area contributed by atoms with Crippen LogP contribution in [0.3, 0.4) is 0 Å². The Hall–Kier alpha value is -1.96. The van der Waals surface area contributed by atoms with E-state index in [1.807, 2.05) is 19.1 Å². The summed E-state index contributed by atoms with van der Waals surface area (Å²) in [6.45, 7) is 3.92. The molecule has 2 heterocycles. The molecule has 2 aromatic carbocycles. The van der Waals surface area contributed by atoms with Crippen molar-refractivity contribution in [3.05, 3.63) is 64.2 Å². The van der Waals surface area contributed by atoms with Gasteiger partial charge in [0.25, 0.3) is 0 Å². The third kappa shape index (κ3) is 3.02. The molecule has 5 atom stereocenters. The van der Waals surface area contributed by atoms with Crippen LogP contribution in [0.2, 0.25) is 0 Å². The lowest BCUT2D eigenvalue weighted by molar-refractivity contribution is -0.362. The highest BCUT2D eigenvalue weighted by atomic mass is 16.7. The Bertz CT molecular complexity index is 864. The van der Waals surface area contributed by atoms with E-state index < -0.39 is 30.2 Å². The monoisotopic (exact) mass is 386 g/mol. The predicted octanol–water partition coefficient (Wildman–Crippen LogP) is 1.78. The van der Waals surface area contributed by atoms with Gasteiger partial charge in [-0.05, 0) is 42.7 Å². The second-order valence-electron chi connectivity index (χ2n) is 7.69. The number of fused-ring (bicyclic) bond motifs is 2. The van der Waals surface area contributed by atoms with Gasteiger partial charge in [0.05, 0.1) is 19.8 Å². The lowest BCUT2D eigenvalue weighted by Crippen LogP contribution is -2.62. The van der Waals surface area contributed by atoms with Crippen LogP contribution >= 0.6 is 0 Å². The number of aryl methyl sites for hydroxylation is 1. The SMILES string of the molecule is COc1cc2c(cc1Cc1ccc(C)cc1)[C@]1(OC2)O[C@H](C)[C@@H](O)[C@H](O)[C@H]1O. The summed E-state index contributed by atoms with van der Waals surface area (Å²) in [4.78, 5) is 0. The Balaban J connectivity index is 1.76. The van der Waals surface area contributed by atoms with Crippen LogP contribution in [0.15, 0.2) is 36.4 Å². The van der Waals surface area contributed by atoms with Gasteiger partial charge in [-0.1, -0.05) is 29.8 Å². The van der Waals surface area contributed by atoms with Crippen molar-refractivity contribution in [1.82, 2.24) is 0 Å². The highest BCUT2D eigenvalue weighted by Gasteiger charge is 2.57.